The van der Waals surface area contributed by atoms with Gasteiger partial charge in [0, 0.05) is 12.8 Å². The molecule has 1 aromatic rings. The number of hydrogen-bond donors (Lipinski definition) is 2. The van der Waals surface area contributed by atoms with Crippen LogP contribution in [-0.4, -0.2) is 23.2 Å². The van der Waals surface area contributed by atoms with Gasteiger partial charge in [0.15, 0.2) is 0 Å². The van der Waals surface area contributed by atoms with Crippen molar-refractivity contribution < 1.29 is 5.11 Å². The first-order chi connectivity index (χ1) is 8.42. The first-order valence-corrected chi connectivity index (χ1v) is 6.70. The van der Waals surface area contributed by atoms with Crippen molar-refractivity contribution in [3.8, 4) is 0 Å². The van der Waals surface area contributed by atoms with E-state index in [1.54, 1.807) is 0 Å². The van der Waals surface area contributed by atoms with E-state index in [0.29, 0.717) is 12.6 Å². The van der Waals surface area contributed by atoms with Crippen LogP contribution < -0.4 is 5.32 Å². The highest BCUT2D eigenvalue weighted by atomic mass is 16.2. The maximum absolute atomic E-state index is 8.68. The number of nitrogens with zero attached hydrogens (tertiary/aromatic N) is 1. The Balaban J connectivity index is 1.68. The van der Waals surface area contributed by atoms with Gasteiger partial charge in [-0.15, -0.1) is 0 Å². The summed E-state index contributed by atoms with van der Waals surface area (Å²) in [5, 5.41) is 12.3. The molecule has 1 heterocycles. The van der Waals surface area contributed by atoms with E-state index in [9.17, 15) is 0 Å². The number of unbranched alkanes of at least 4 members (excludes halogenated alkanes) is 3. The molecule has 1 aromatic heterocycles. The Labute approximate surface area is 103 Å². The van der Waals surface area contributed by atoms with Crippen molar-refractivity contribution >= 4 is 0 Å². The van der Waals surface area contributed by atoms with E-state index >= 15 is 0 Å². The third kappa shape index (κ3) is 3.51. The lowest BCUT2D eigenvalue weighted by Gasteiger charge is -2.12. The molecule has 2 N–H and O–H groups in total. The van der Waals surface area contributed by atoms with Crippen molar-refractivity contribution in [3.05, 3.63) is 29.6 Å². The number of rotatable bonds is 7. The van der Waals surface area contributed by atoms with Gasteiger partial charge in [-0.2, -0.15) is 0 Å². The second kappa shape index (κ2) is 6.72. The molecule has 1 unspecified atom stereocenters. The summed E-state index contributed by atoms with van der Waals surface area (Å²) in [5.74, 6) is 0. The summed E-state index contributed by atoms with van der Waals surface area (Å²) in [7, 11) is 0. The van der Waals surface area contributed by atoms with Gasteiger partial charge in [0.2, 0.25) is 0 Å². The summed E-state index contributed by atoms with van der Waals surface area (Å²) < 4.78 is 0. The zero-order chi connectivity index (χ0) is 11.9. The molecule has 2 rings (SSSR count). The van der Waals surface area contributed by atoms with Crippen LogP contribution in [0.1, 0.15) is 49.4 Å². The van der Waals surface area contributed by atoms with E-state index in [1.165, 1.54) is 30.5 Å². The Morgan fingerprint density at radius 3 is 3.06 bits per heavy atom. The van der Waals surface area contributed by atoms with E-state index in [0.717, 1.165) is 25.8 Å². The average molecular weight is 234 g/mol. The fourth-order valence-electron chi connectivity index (χ4n) is 2.48. The minimum absolute atomic E-state index is 0.327. The van der Waals surface area contributed by atoms with Crippen LogP contribution in [0.2, 0.25) is 0 Å². The van der Waals surface area contributed by atoms with Crippen LogP contribution >= 0.6 is 0 Å². The highest BCUT2D eigenvalue weighted by Crippen LogP contribution is 2.28. The van der Waals surface area contributed by atoms with Crippen LogP contribution in [0.15, 0.2) is 18.3 Å². The Morgan fingerprint density at radius 1 is 1.29 bits per heavy atom. The van der Waals surface area contributed by atoms with E-state index < -0.39 is 0 Å². The Kier molecular flexibility index (Phi) is 4.95. The molecule has 1 atom stereocenters. The minimum Gasteiger partial charge on any atom is -0.396 e. The van der Waals surface area contributed by atoms with Gasteiger partial charge in [-0.05, 0) is 43.9 Å². The van der Waals surface area contributed by atoms with E-state index in [2.05, 4.69) is 16.4 Å². The van der Waals surface area contributed by atoms with Crippen LogP contribution in [0, 0.1) is 0 Å². The van der Waals surface area contributed by atoms with Crippen molar-refractivity contribution in [3.63, 3.8) is 0 Å². The smallest absolute Gasteiger partial charge is 0.0605 e. The van der Waals surface area contributed by atoms with Crippen molar-refractivity contribution in [2.75, 3.05) is 13.2 Å². The molecule has 0 saturated carbocycles. The highest BCUT2D eigenvalue weighted by molar-refractivity contribution is 5.27. The second-order valence-electron chi connectivity index (χ2n) is 4.73. The van der Waals surface area contributed by atoms with Gasteiger partial charge < -0.3 is 10.4 Å². The maximum atomic E-state index is 8.68. The molecule has 94 valence electrons. The topological polar surface area (TPSA) is 45.1 Å². The summed E-state index contributed by atoms with van der Waals surface area (Å²) in [4.78, 5) is 4.47. The van der Waals surface area contributed by atoms with Gasteiger partial charge in [0.05, 0.1) is 11.7 Å². The molecule has 0 radical (unpaired) electrons. The molecule has 0 amide bonds. The summed E-state index contributed by atoms with van der Waals surface area (Å²) in [5.41, 5.74) is 2.66. The summed E-state index contributed by atoms with van der Waals surface area (Å²) in [6.07, 6.45) is 8.70. The number of aromatic nitrogens is 1. The lowest BCUT2D eigenvalue weighted by molar-refractivity contribution is 0.282. The van der Waals surface area contributed by atoms with Crippen LogP contribution in [0.3, 0.4) is 0 Å². The molecule has 3 nitrogen and oxygen atoms in total. The number of aliphatic hydroxyl groups excluding tert-OH is 1. The van der Waals surface area contributed by atoms with Crippen molar-refractivity contribution in [2.24, 2.45) is 0 Å². The molecule has 0 saturated heterocycles. The van der Waals surface area contributed by atoms with Gasteiger partial charge >= 0.3 is 0 Å². The molecular weight excluding hydrogens is 212 g/mol. The van der Waals surface area contributed by atoms with Crippen molar-refractivity contribution in [1.82, 2.24) is 10.3 Å². The third-order valence-corrected chi connectivity index (χ3v) is 3.43. The molecule has 0 aromatic carbocycles. The number of aliphatic hydroxyl groups is 1. The number of fused-ring (bicyclic) bond motifs is 1. The molecule has 1 aliphatic rings. The maximum Gasteiger partial charge on any atom is 0.0605 e. The lowest BCUT2D eigenvalue weighted by atomic mass is 10.1. The molecule has 1 aliphatic carbocycles. The van der Waals surface area contributed by atoms with Gasteiger partial charge in [0.25, 0.3) is 0 Å². The number of pyridine rings is 1. The van der Waals surface area contributed by atoms with Crippen molar-refractivity contribution in [2.45, 2.75) is 44.6 Å². The SMILES string of the molecule is OCCCCCCNC1CCc2cccnc21. The van der Waals surface area contributed by atoms with Gasteiger partial charge in [-0.1, -0.05) is 18.9 Å². The highest BCUT2D eigenvalue weighted by Gasteiger charge is 2.22. The molecule has 0 fully saturated rings. The predicted octanol–water partition coefficient (Wildman–Crippen LogP) is 2.21. The summed E-state index contributed by atoms with van der Waals surface area (Å²) in [6, 6.07) is 4.67. The Morgan fingerprint density at radius 2 is 2.18 bits per heavy atom. The number of aryl methyl sites for hydroxylation is 1. The summed E-state index contributed by atoms with van der Waals surface area (Å²) in [6.45, 7) is 1.39. The molecule has 3 heteroatoms. The predicted molar refractivity (Wildman–Crippen MR) is 68.9 cm³/mol. The van der Waals surface area contributed by atoms with Crippen LogP contribution in [-0.2, 0) is 6.42 Å². The fraction of sp³-hybridized carbons (Fsp3) is 0.643. The van der Waals surface area contributed by atoms with Crippen LogP contribution in [0.5, 0.6) is 0 Å². The van der Waals surface area contributed by atoms with Gasteiger partial charge in [-0.25, -0.2) is 0 Å². The van der Waals surface area contributed by atoms with E-state index in [1.807, 2.05) is 12.3 Å². The molecular formula is C14H22N2O. The normalized spacial score (nSPS) is 18.3. The van der Waals surface area contributed by atoms with Crippen molar-refractivity contribution in [1.29, 1.82) is 0 Å². The number of nitrogens with one attached hydrogen (secondary N) is 1. The Hall–Kier alpha value is -0.930. The monoisotopic (exact) mass is 234 g/mol. The Bertz CT molecular complexity index is 341. The average Bonchev–Trinajstić information content (AvgIpc) is 2.77. The largest absolute Gasteiger partial charge is 0.396 e. The van der Waals surface area contributed by atoms with E-state index in [4.69, 9.17) is 5.11 Å². The quantitative estimate of drug-likeness (QED) is 0.711. The minimum atomic E-state index is 0.327. The zero-order valence-corrected chi connectivity index (χ0v) is 10.4. The fourth-order valence-corrected chi connectivity index (χ4v) is 2.48. The third-order valence-electron chi connectivity index (χ3n) is 3.43. The van der Waals surface area contributed by atoms with Crippen LogP contribution in [0.4, 0.5) is 0 Å². The van der Waals surface area contributed by atoms with Crippen LogP contribution in [0.25, 0.3) is 0 Å². The first-order valence-electron chi connectivity index (χ1n) is 6.70. The lowest BCUT2D eigenvalue weighted by Crippen LogP contribution is -2.21. The van der Waals surface area contributed by atoms with E-state index in [-0.39, 0.29) is 0 Å². The zero-order valence-electron chi connectivity index (χ0n) is 10.4. The molecule has 0 spiro atoms. The molecule has 17 heavy (non-hydrogen) atoms. The second-order valence-corrected chi connectivity index (χ2v) is 4.73. The standard InChI is InChI=1S/C14H22N2O/c17-11-4-2-1-3-9-15-13-8-7-12-6-5-10-16-14(12)13/h5-6,10,13,15,17H,1-4,7-9,11H2. The number of hydrogen-bond acceptors (Lipinski definition) is 3. The van der Waals surface area contributed by atoms with Gasteiger partial charge in [0.1, 0.15) is 0 Å². The van der Waals surface area contributed by atoms with Gasteiger partial charge in [-0.3, -0.25) is 4.98 Å². The summed E-state index contributed by atoms with van der Waals surface area (Å²) >= 11 is 0. The molecule has 0 aliphatic heterocycles. The molecule has 0 bridgehead atoms. The first kappa shape index (κ1) is 12.5.